The summed E-state index contributed by atoms with van der Waals surface area (Å²) in [4.78, 5) is 14.2. The van der Waals surface area contributed by atoms with Crippen molar-refractivity contribution in [2.24, 2.45) is 5.73 Å². The third-order valence-electron chi connectivity index (χ3n) is 2.48. The van der Waals surface area contributed by atoms with Gasteiger partial charge in [0.25, 0.3) is 5.91 Å². The van der Waals surface area contributed by atoms with Crippen molar-refractivity contribution >= 4 is 34.7 Å². The van der Waals surface area contributed by atoms with Crippen LogP contribution in [0.2, 0.25) is 5.02 Å². The Balaban J connectivity index is 2.89. The fraction of sp³-hybridized carbons (Fsp3) is 0.333. The van der Waals surface area contributed by atoms with E-state index in [1.165, 1.54) is 18.2 Å². The van der Waals surface area contributed by atoms with Gasteiger partial charge in [0.05, 0.1) is 15.6 Å². The minimum absolute atomic E-state index is 0.00755. The second kappa shape index (κ2) is 6.56. The molecule has 1 aromatic rings. The van der Waals surface area contributed by atoms with Gasteiger partial charge in [-0.25, -0.2) is 0 Å². The average molecular weight is 287 g/mol. The molecule has 98 valence electrons. The van der Waals surface area contributed by atoms with E-state index in [0.717, 1.165) is 0 Å². The van der Waals surface area contributed by atoms with E-state index in [0.29, 0.717) is 29.5 Å². The number of halogens is 1. The van der Waals surface area contributed by atoms with Crippen molar-refractivity contribution in [2.75, 3.05) is 13.1 Å². The van der Waals surface area contributed by atoms with Crippen molar-refractivity contribution in [1.29, 1.82) is 0 Å². The number of phenolic OH excluding ortho intramolecular Hbond substituents is 1. The van der Waals surface area contributed by atoms with Gasteiger partial charge >= 0.3 is 0 Å². The average Bonchev–Trinajstić information content (AvgIpc) is 2.32. The monoisotopic (exact) mass is 286 g/mol. The smallest absolute Gasteiger partial charge is 0.255 e. The number of thiocarbonyl (C=S) groups is 1. The highest BCUT2D eigenvalue weighted by Gasteiger charge is 2.17. The third-order valence-corrected chi connectivity index (χ3v) is 3.01. The number of rotatable bonds is 5. The maximum Gasteiger partial charge on any atom is 0.255 e. The number of carbonyl (C=O) groups excluding carboxylic acids is 1. The summed E-state index contributed by atoms with van der Waals surface area (Å²) in [5.41, 5.74) is 5.69. The molecule has 0 aliphatic rings. The summed E-state index contributed by atoms with van der Waals surface area (Å²) in [5.74, 6) is -0.234. The predicted octanol–water partition coefficient (Wildman–Crippen LogP) is 2.18. The number of amides is 1. The quantitative estimate of drug-likeness (QED) is 0.814. The highest BCUT2D eigenvalue weighted by Crippen LogP contribution is 2.22. The first-order valence-corrected chi connectivity index (χ1v) is 6.30. The van der Waals surface area contributed by atoms with Gasteiger partial charge in [-0.15, -0.1) is 0 Å². The van der Waals surface area contributed by atoms with Crippen LogP contribution in [0, 0.1) is 0 Å². The molecule has 0 fully saturated rings. The second-order valence-corrected chi connectivity index (χ2v) is 4.70. The molecule has 0 radical (unpaired) electrons. The summed E-state index contributed by atoms with van der Waals surface area (Å²) in [6, 6.07) is 4.28. The maximum atomic E-state index is 12.2. The fourth-order valence-corrected chi connectivity index (χ4v) is 1.79. The van der Waals surface area contributed by atoms with Crippen LogP contribution in [0.1, 0.15) is 23.7 Å². The molecule has 0 saturated carbocycles. The Morgan fingerprint density at radius 1 is 1.56 bits per heavy atom. The van der Waals surface area contributed by atoms with Gasteiger partial charge in [-0.1, -0.05) is 23.8 Å². The zero-order chi connectivity index (χ0) is 13.7. The van der Waals surface area contributed by atoms with Gasteiger partial charge in [0, 0.05) is 19.5 Å². The van der Waals surface area contributed by atoms with Crippen molar-refractivity contribution in [3.05, 3.63) is 28.8 Å². The lowest BCUT2D eigenvalue weighted by atomic mass is 10.1. The molecule has 3 N–H and O–H groups in total. The van der Waals surface area contributed by atoms with Crippen LogP contribution in [0.5, 0.6) is 5.75 Å². The molecule has 0 aliphatic heterocycles. The van der Waals surface area contributed by atoms with Crippen LogP contribution >= 0.6 is 23.8 Å². The lowest BCUT2D eigenvalue weighted by Gasteiger charge is -2.21. The van der Waals surface area contributed by atoms with Crippen LogP contribution in [-0.2, 0) is 0 Å². The van der Waals surface area contributed by atoms with Crippen LogP contribution < -0.4 is 5.73 Å². The number of benzene rings is 1. The lowest BCUT2D eigenvalue weighted by molar-refractivity contribution is 0.0768. The molecule has 18 heavy (non-hydrogen) atoms. The Hall–Kier alpha value is -1.33. The normalized spacial score (nSPS) is 10.1. The molecule has 1 rings (SSSR count). The molecule has 0 aromatic heterocycles. The molecule has 0 saturated heterocycles. The number of hydrogen-bond donors (Lipinski definition) is 2. The highest BCUT2D eigenvalue weighted by molar-refractivity contribution is 7.80. The maximum absolute atomic E-state index is 12.2. The Labute approximate surface area is 116 Å². The second-order valence-electron chi connectivity index (χ2n) is 3.77. The van der Waals surface area contributed by atoms with Crippen LogP contribution in [0.4, 0.5) is 0 Å². The molecular weight excluding hydrogens is 272 g/mol. The molecule has 0 aliphatic carbocycles. The zero-order valence-corrected chi connectivity index (χ0v) is 11.6. The molecule has 0 unspecified atom stereocenters. The summed E-state index contributed by atoms with van der Waals surface area (Å²) < 4.78 is 0. The topological polar surface area (TPSA) is 66.6 Å². The van der Waals surface area contributed by atoms with E-state index in [2.05, 4.69) is 0 Å². The minimum atomic E-state index is -0.241. The van der Waals surface area contributed by atoms with Gasteiger partial charge in [-0.2, -0.15) is 0 Å². The number of nitrogens with two attached hydrogens (primary N) is 1. The summed E-state index contributed by atoms with van der Waals surface area (Å²) in [6.07, 6.45) is 0.464. The first-order valence-electron chi connectivity index (χ1n) is 5.51. The molecule has 6 heteroatoms. The first kappa shape index (κ1) is 14.7. The van der Waals surface area contributed by atoms with Crippen LogP contribution in [0.3, 0.4) is 0 Å². The highest BCUT2D eigenvalue weighted by atomic mass is 35.5. The number of hydrogen-bond acceptors (Lipinski definition) is 3. The van der Waals surface area contributed by atoms with Gasteiger partial charge in [-0.3, -0.25) is 4.79 Å². The van der Waals surface area contributed by atoms with E-state index in [4.69, 9.17) is 29.6 Å². The van der Waals surface area contributed by atoms with Gasteiger partial charge in [0.15, 0.2) is 0 Å². The molecule has 0 atom stereocenters. The fourth-order valence-electron chi connectivity index (χ4n) is 1.50. The zero-order valence-electron chi connectivity index (χ0n) is 10.0. The van der Waals surface area contributed by atoms with Crippen LogP contribution in [-0.4, -0.2) is 34.0 Å². The van der Waals surface area contributed by atoms with Crippen LogP contribution in [0.25, 0.3) is 0 Å². The standard InChI is InChI=1S/C12H15ClN2O2S/c1-2-15(6-5-11(14)18)12(17)9-7-8(16)3-4-10(9)13/h3-4,7,16H,2,5-6H2,1H3,(H2,14,18). The Morgan fingerprint density at radius 3 is 2.78 bits per heavy atom. The molecule has 1 amide bonds. The molecule has 0 spiro atoms. The molecular formula is C12H15ClN2O2S. The van der Waals surface area contributed by atoms with E-state index < -0.39 is 0 Å². The van der Waals surface area contributed by atoms with Gasteiger partial charge in [-0.05, 0) is 25.1 Å². The summed E-state index contributed by atoms with van der Waals surface area (Å²) in [6.45, 7) is 2.82. The van der Waals surface area contributed by atoms with Crippen LogP contribution in [0.15, 0.2) is 18.2 Å². The Morgan fingerprint density at radius 2 is 2.22 bits per heavy atom. The molecule has 4 nitrogen and oxygen atoms in total. The summed E-state index contributed by atoms with van der Waals surface area (Å²) in [7, 11) is 0. The largest absolute Gasteiger partial charge is 0.508 e. The number of phenols is 1. The number of nitrogens with zero attached hydrogens (tertiary/aromatic N) is 1. The van der Waals surface area contributed by atoms with Crippen molar-refractivity contribution in [2.45, 2.75) is 13.3 Å². The van der Waals surface area contributed by atoms with E-state index in [1.807, 2.05) is 6.92 Å². The van der Waals surface area contributed by atoms with Crippen molar-refractivity contribution in [3.8, 4) is 5.75 Å². The molecule has 1 aromatic carbocycles. The lowest BCUT2D eigenvalue weighted by Crippen LogP contribution is -2.33. The SMILES string of the molecule is CCN(CCC(N)=S)C(=O)c1cc(O)ccc1Cl. The summed E-state index contributed by atoms with van der Waals surface area (Å²) in [5, 5.41) is 9.70. The predicted molar refractivity (Wildman–Crippen MR) is 76.1 cm³/mol. The van der Waals surface area contributed by atoms with E-state index in [-0.39, 0.29) is 17.2 Å². The van der Waals surface area contributed by atoms with Crippen molar-refractivity contribution < 1.29 is 9.90 Å². The third kappa shape index (κ3) is 3.85. The number of aromatic hydroxyl groups is 1. The van der Waals surface area contributed by atoms with Crippen molar-refractivity contribution in [3.63, 3.8) is 0 Å². The summed E-state index contributed by atoms with van der Waals surface area (Å²) >= 11 is 10.7. The minimum Gasteiger partial charge on any atom is -0.508 e. The van der Waals surface area contributed by atoms with E-state index >= 15 is 0 Å². The molecule has 0 heterocycles. The van der Waals surface area contributed by atoms with Crippen molar-refractivity contribution in [1.82, 2.24) is 4.90 Å². The van der Waals surface area contributed by atoms with Gasteiger partial charge < -0.3 is 15.7 Å². The van der Waals surface area contributed by atoms with E-state index in [1.54, 1.807) is 4.90 Å². The number of carbonyl (C=O) groups is 1. The molecule has 0 bridgehead atoms. The van der Waals surface area contributed by atoms with Gasteiger partial charge in [0.2, 0.25) is 0 Å². The Bertz CT molecular complexity index is 465. The Kier molecular flexibility index (Phi) is 5.37. The van der Waals surface area contributed by atoms with Gasteiger partial charge in [0.1, 0.15) is 5.75 Å². The first-order chi connectivity index (χ1) is 8.45. The van der Waals surface area contributed by atoms with E-state index in [9.17, 15) is 9.90 Å².